The van der Waals surface area contributed by atoms with Crippen LogP contribution in [-0.4, -0.2) is 19.0 Å². The second kappa shape index (κ2) is 7.35. The van der Waals surface area contributed by atoms with E-state index < -0.39 is 11.9 Å². The molecule has 0 saturated carbocycles. The van der Waals surface area contributed by atoms with Crippen molar-refractivity contribution in [1.29, 1.82) is 0 Å². The maximum atomic E-state index is 12.2. The van der Waals surface area contributed by atoms with Gasteiger partial charge in [0.25, 0.3) is 5.91 Å². The minimum Gasteiger partial charge on any atom is -0.465 e. The number of nitrogens with one attached hydrogen (secondary N) is 1. The Hall–Kier alpha value is -2.24. The zero-order chi connectivity index (χ0) is 17.0. The first-order chi connectivity index (χ1) is 10.9. The largest absolute Gasteiger partial charge is 0.465 e. The average molecular weight is 353 g/mol. The van der Waals surface area contributed by atoms with Gasteiger partial charge in [-0.1, -0.05) is 35.3 Å². The van der Waals surface area contributed by atoms with Crippen LogP contribution in [-0.2, 0) is 11.3 Å². The molecule has 2 rings (SSSR count). The summed E-state index contributed by atoms with van der Waals surface area (Å²) in [6.07, 6.45) is 0. The summed E-state index contributed by atoms with van der Waals surface area (Å²) in [7, 11) is 1.32. The first kappa shape index (κ1) is 17.1. The van der Waals surface area contributed by atoms with Gasteiger partial charge >= 0.3 is 5.97 Å². The van der Waals surface area contributed by atoms with E-state index in [0.29, 0.717) is 10.6 Å². The molecule has 0 aliphatic rings. The standard InChI is InChI=1S/C16H14Cl2N2O3/c1-23-16(22)10-4-2-9(3-5-10)8-20-15(21)14-12(18)6-11(17)7-13(14)19/h2-7H,8,19H2,1H3,(H,20,21). The van der Waals surface area contributed by atoms with Gasteiger partial charge in [0.1, 0.15) is 0 Å². The molecule has 3 N–H and O–H groups in total. The van der Waals surface area contributed by atoms with Crippen molar-refractivity contribution >= 4 is 40.8 Å². The number of carbonyl (C=O) groups is 2. The molecular weight excluding hydrogens is 339 g/mol. The van der Waals surface area contributed by atoms with Gasteiger partial charge < -0.3 is 15.8 Å². The molecule has 23 heavy (non-hydrogen) atoms. The number of hydrogen-bond acceptors (Lipinski definition) is 4. The molecule has 0 atom stereocenters. The van der Waals surface area contributed by atoms with Crippen molar-refractivity contribution in [3.63, 3.8) is 0 Å². The fourth-order valence-corrected chi connectivity index (χ4v) is 2.58. The number of nitrogen functional groups attached to an aromatic ring is 1. The summed E-state index contributed by atoms with van der Waals surface area (Å²) in [6, 6.07) is 9.61. The smallest absolute Gasteiger partial charge is 0.337 e. The number of esters is 1. The number of amides is 1. The summed E-state index contributed by atoms with van der Waals surface area (Å²) in [5, 5.41) is 3.27. The van der Waals surface area contributed by atoms with Crippen molar-refractivity contribution in [1.82, 2.24) is 5.32 Å². The third-order valence-electron chi connectivity index (χ3n) is 3.14. The van der Waals surface area contributed by atoms with Crippen molar-refractivity contribution in [2.45, 2.75) is 6.54 Å². The van der Waals surface area contributed by atoms with Crippen LogP contribution < -0.4 is 11.1 Å². The Labute approximate surface area is 143 Å². The van der Waals surface area contributed by atoms with Gasteiger partial charge in [0.15, 0.2) is 0 Å². The van der Waals surface area contributed by atoms with Gasteiger partial charge in [-0.05, 0) is 29.8 Å². The number of rotatable bonds is 4. The first-order valence-electron chi connectivity index (χ1n) is 6.62. The summed E-state index contributed by atoms with van der Waals surface area (Å²) < 4.78 is 4.62. The summed E-state index contributed by atoms with van der Waals surface area (Å²) in [5.74, 6) is -0.817. The predicted molar refractivity (Wildman–Crippen MR) is 89.8 cm³/mol. The van der Waals surface area contributed by atoms with Gasteiger partial charge in [-0.15, -0.1) is 0 Å². The summed E-state index contributed by atoms with van der Waals surface area (Å²) in [4.78, 5) is 23.5. The number of halogens is 2. The van der Waals surface area contributed by atoms with E-state index in [2.05, 4.69) is 10.1 Å². The van der Waals surface area contributed by atoms with Crippen LogP contribution in [0.1, 0.15) is 26.3 Å². The highest BCUT2D eigenvalue weighted by Gasteiger charge is 2.15. The van der Waals surface area contributed by atoms with E-state index in [-0.39, 0.29) is 22.8 Å². The minimum absolute atomic E-state index is 0.183. The Bertz CT molecular complexity index is 722. The fourth-order valence-electron chi connectivity index (χ4n) is 1.98. The SMILES string of the molecule is COC(=O)c1ccc(CNC(=O)c2c(N)cc(Cl)cc2Cl)cc1. The molecule has 1 amide bonds. The van der Waals surface area contributed by atoms with Crippen molar-refractivity contribution < 1.29 is 14.3 Å². The van der Waals surface area contributed by atoms with Crippen LogP contribution in [0.25, 0.3) is 0 Å². The lowest BCUT2D eigenvalue weighted by atomic mass is 10.1. The molecule has 0 aliphatic heterocycles. The van der Waals surface area contributed by atoms with Gasteiger partial charge in [-0.25, -0.2) is 4.79 Å². The van der Waals surface area contributed by atoms with E-state index in [1.165, 1.54) is 19.2 Å². The fraction of sp³-hybridized carbons (Fsp3) is 0.125. The van der Waals surface area contributed by atoms with Crippen LogP contribution >= 0.6 is 23.2 Å². The van der Waals surface area contributed by atoms with Crippen molar-refractivity contribution in [2.75, 3.05) is 12.8 Å². The maximum Gasteiger partial charge on any atom is 0.337 e. The Balaban J connectivity index is 2.06. The highest BCUT2D eigenvalue weighted by Crippen LogP contribution is 2.27. The van der Waals surface area contributed by atoms with Crippen LogP contribution in [0.3, 0.4) is 0 Å². The number of hydrogen-bond donors (Lipinski definition) is 2. The Morgan fingerprint density at radius 3 is 2.39 bits per heavy atom. The lowest BCUT2D eigenvalue weighted by Gasteiger charge is -2.10. The van der Waals surface area contributed by atoms with Crippen molar-refractivity contribution in [3.05, 3.63) is 63.1 Å². The zero-order valence-corrected chi connectivity index (χ0v) is 13.7. The van der Waals surface area contributed by atoms with Crippen LogP contribution in [0.2, 0.25) is 10.0 Å². The molecule has 120 valence electrons. The van der Waals surface area contributed by atoms with Gasteiger partial charge in [-0.2, -0.15) is 0 Å². The second-order valence-electron chi connectivity index (χ2n) is 4.72. The number of methoxy groups -OCH3 is 1. The molecule has 0 aliphatic carbocycles. The number of nitrogens with two attached hydrogens (primary N) is 1. The molecule has 0 radical (unpaired) electrons. The van der Waals surface area contributed by atoms with Crippen LogP contribution in [0, 0.1) is 0 Å². The summed E-state index contributed by atoms with van der Waals surface area (Å²) >= 11 is 11.8. The lowest BCUT2D eigenvalue weighted by molar-refractivity contribution is 0.0600. The minimum atomic E-state index is -0.415. The normalized spacial score (nSPS) is 10.2. The van der Waals surface area contributed by atoms with Gasteiger partial charge in [0.2, 0.25) is 0 Å². The number of ether oxygens (including phenoxy) is 1. The maximum absolute atomic E-state index is 12.2. The van der Waals surface area contributed by atoms with E-state index in [1.807, 2.05) is 0 Å². The molecule has 0 fully saturated rings. The van der Waals surface area contributed by atoms with E-state index >= 15 is 0 Å². The predicted octanol–water partition coefficient (Wildman–Crippen LogP) is 3.29. The highest BCUT2D eigenvalue weighted by atomic mass is 35.5. The highest BCUT2D eigenvalue weighted by molar-refractivity contribution is 6.37. The number of carbonyl (C=O) groups excluding carboxylic acids is 2. The molecule has 0 saturated heterocycles. The summed E-state index contributed by atoms with van der Waals surface area (Å²) in [5.41, 5.74) is 7.42. The summed E-state index contributed by atoms with van der Waals surface area (Å²) in [6.45, 7) is 0.263. The molecule has 0 heterocycles. The van der Waals surface area contributed by atoms with Crippen LogP contribution in [0.15, 0.2) is 36.4 Å². The number of anilines is 1. The van der Waals surface area contributed by atoms with E-state index in [1.54, 1.807) is 24.3 Å². The molecule has 0 unspecified atom stereocenters. The lowest BCUT2D eigenvalue weighted by Crippen LogP contribution is -2.24. The molecule has 2 aromatic rings. The molecule has 0 bridgehead atoms. The third-order valence-corrected chi connectivity index (χ3v) is 3.66. The molecular formula is C16H14Cl2N2O3. The van der Waals surface area contributed by atoms with Gasteiger partial charge in [-0.3, -0.25) is 4.79 Å². The van der Waals surface area contributed by atoms with E-state index in [4.69, 9.17) is 28.9 Å². The topological polar surface area (TPSA) is 81.4 Å². The zero-order valence-electron chi connectivity index (χ0n) is 12.2. The van der Waals surface area contributed by atoms with Gasteiger partial charge in [0.05, 0.1) is 23.3 Å². The van der Waals surface area contributed by atoms with Crippen LogP contribution in [0.4, 0.5) is 5.69 Å². The molecule has 2 aromatic carbocycles. The monoisotopic (exact) mass is 352 g/mol. The Morgan fingerprint density at radius 1 is 1.17 bits per heavy atom. The first-order valence-corrected chi connectivity index (χ1v) is 7.38. The Morgan fingerprint density at radius 2 is 1.83 bits per heavy atom. The van der Waals surface area contributed by atoms with E-state index in [0.717, 1.165) is 5.56 Å². The number of benzene rings is 2. The van der Waals surface area contributed by atoms with Crippen molar-refractivity contribution in [2.24, 2.45) is 0 Å². The Kier molecular flexibility index (Phi) is 5.47. The molecule has 7 heteroatoms. The molecule has 0 spiro atoms. The van der Waals surface area contributed by atoms with Gasteiger partial charge in [0, 0.05) is 17.3 Å². The molecule has 5 nitrogen and oxygen atoms in total. The molecule has 0 aromatic heterocycles. The van der Waals surface area contributed by atoms with E-state index in [9.17, 15) is 9.59 Å². The van der Waals surface area contributed by atoms with Crippen molar-refractivity contribution in [3.8, 4) is 0 Å². The average Bonchev–Trinajstić information content (AvgIpc) is 2.51. The van der Waals surface area contributed by atoms with Crippen LogP contribution in [0.5, 0.6) is 0 Å². The second-order valence-corrected chi connectivity index (χ2v) is 5.57. The third kappa shape index (κ3) is 4.15. The quantitative estimate of drug-likeness (QED) is 0.653.